The van der Waals surface area contributed by atoms with E-state index in [0.29, 0.717) is 0 Å². The van der Waals surface area contributed by atoms with Crippen molar-refractivity contribution in [2.24, 2.45) is 5.73 Å². The SMILES string of the molecule is CCc1ccccc1C(N)Cc1cncs1. The summed E-state index contributed by atoms with van der Waals surface area (Å²) in [6.07, 6.45) is 3.81. The van der Waals surface area contributed by atoms with Gasteiger partial charge in [-0.2, -0.15) is 0 Å². The predicted octanol–water partition coefficient (Wildman–Crippen LogP) is 2.95. The summed E-state index contributed by atoms with van der Waals surface area (Å²) in [4.78, 5) is 5.32. The van der Waals surface area contributed by atoms with E-state index in [1.165, 1.54) is 16.0 Å². The molecule has 2 aromatic rings. The van der Waals surface area contributed by atoms with E-state index in [9.17, 15) is 0 Å². The Bertz CT molecular complexity index is 437. The van der Waals surface area contributed by atoms with Crippen LogP contribution in [0.3, 0.4) is 0 Å². The molecule has 16 heavy (non-hydrogen) atoms. The summed E-state index contributed by atoms with van der Waals surface area (Å²) in [6.45, 7) is 2.16. The van der Waals surface area contributed by atoms with Crippen molar-refractivity contribution in [3.63, 3.8) is 0 Å². The van der Waals surface area contributed by atoms with Gasteiger partial charge in [-0.25, -0.2) is 0 Å². The first-order valence-corrected chi connectivity index (χ1v) is 6.40. The number of benzene rings is 1. The van der Waals surface area contributed by atoms with Crippen LogP contribution in [0.25, 0.3) is 0 Å². The molecule has 1 heterocycles. The number of thiazole rings is 1. The van der Waals surface area contributed by atoms with Crippen LogP contribution >= 0.6 is 11.3 Å². The van der Waals surface area contributed by atoms with Gasteiger partial charge in [0, 0.05) is 23.5 Å². The third-order valence-electron chi connectivity index (χ3n) is 2.74. The van der Waals surface area contributed by atoms with E-state index in [2.05, 4.69) is 36.2 Å². The standard InChI is InChI=1S/C13H16N2S/c1-2-10-5-3-4-6-12(10)13(14)7-11-8-15-9-16-11/h3-6,8-9,13H,2,7,14H2,1H3. The average molecular weight is 232 g/mol. The van der Waals surface area contributed by atoms with Crippen molar-refractivity contribution in [3.8, 4) is 0 Å². The van der Waals surface area contributed by atoms with Crippen LogP contribution in [0.15, 0.2) is 36.0 Å². The fourth-order valence-electron chi connectivity index (χ4n) is 1.89. The molecule has 1 aromatic heterocycles. The zero-order valence-corrected chi connectivity index (χ0v) is 10.2. The molecule has 0 saturated carbocycles. The summed E-state index contributed by atoms with van der Waals surface area (Å²) in [5, 5.41) is 0. The number of rotatable bonds is 4. The Kier molecular flexibility index (Phi) is 3.70. The van der Waals surface area contributed by atoms with Gasteiger partial charge in [-0.1, -0.05) is 31.2 Å². The fraction of sp³-hybridized carbons (Fsp3) is 0.308. The van der Waals surface area contributed by atoms with Gasteiger partial charge in [0.05, 0.1) is 5.51 Å². The molecule has 0 aliphatic carbocycles. The third-order valence-corrected chi connectivity index (χ3v) is 3.54. The first-order chi connectivity index (χ1) is 7.81. The number of nitrogens with two attached hydrogens (primary N) is 1. The summed E-state index contributed by atoms with van der Waals surface area (Å²) >= 11 is 1.67. The summed E-state index contributed by atoms with van der Waals surface area (Å²) < 4.78 is 0. The van der Waals surface area contributed by atoms with Crippen LogP contribution in [0, 0.1) is 0 Å². The lowest BCUT2D eigenvalue weighted by molar-refractivity contribution is 0.719. The number of aromatic nitrogens is 1. The van der Waals surface area contributed by atoms with Gasteiger partial charge in [0.1, 0.15) is 0 Å². The second-order valence-corrected chi connectivity index (χ2v) is 4.80. The molecule has 1 aromatic carbocycles. The third kappa shape index (κ3) is 2.49. The van der Waals surface area contributed by atoms with E-state index in [-0.39, 0.29) is 6.04 Å². The van der Waals surface area contributed by atoms with Gasteiger partial charge in [-0.15, -0.1) is 11.3 Å². The van der Waals surface area contributed by atoms with E-state index in [0.717, 1.165) is 12.8 Å². The molecule has 0 aliphatic heterocycles. The summed E-state index contributed by atoms with van der Waals surface area (Å²) in [5.41, 5.74) is 10.7. The van der Waals surface area contributed by atoms with Gasteiger partial charge in [-0.3, -0.25) is 4.98 Å². The van der Waals surface area contributed by atoms with Crippen LogP contribution in [0.1, 0.15) is 29.0 Å². The highest BCUT2D eigenvalue weighted by Crippen LogP contribution is 2.21. The van der Waals surface area contributed by atoms with Crippen LogP contribution < -0.4 is 5.73 Å². The lowest BCUT2D eigenvalue weighted by atomic mass is 9.97. The Morgan fingerprint density at radius 1 is 1.38 bits per heavy atom. The van der Waals surface area contributed by atoms with Gasteiger partial charge in [0.15, 0.2) is 0 Å². The molecule has 0 spiro atoms. The number of nitrogens with zero attached hydrogens (tertiary/aromatic N) is 1. The zero-order valence-electron chi connectivity index (χ0n) is 9.39. The molecule has 2 nitrogen and oxygen atoms in total. The highest BCUT2D eigenvalue weighted by atomic mass is 32.1. The maximum absolute atomic E-state index is 6.24. The summed E-state index contributed by atoms with van der Waals surface area (Å²) in [5.74, 6) is 0. The van der Waals surface area contributed by atoms with E-state index < -0.39 is 0 Å². The number of hydrogen-bond acceptors (Lipinski definition) is 3. The number of aryl methyl sites for hydroxylation is 1. The minimum Gasteiger partial charge on any atom is -0.324 e. The van der Waals surface area contributed by atoms with Gasteiger partial charge >= 0.3 is 0 Å². The van der Waals surface area contributed by atoms with E-state index in [1.807, 2.05) is 11.7 Å². The highest BCUT2D eigenvalue weighted by Gasteiger charge is 2.11. The molecule has 3 heteroatoms. The molecule has 84 valence electrons. The molecular weight excluding hydrogens is 216 g/mol. The predicted molar refractivity (Wildman–Crippen MR) is 68.6 cm³/mol. The van der Waals surface area contributed by atoms with Crippen molar-refractivity contribution in [2.45, 2.75) is 25.8 Å². The van der Waals surface area contributed by atoms with Crippen LogP contribution in [-0.4, -0.2) is 4.98 Å². The topological polar surface area (TPSA) is 38.9 Å². The Balaban J connectivity index is 2.17. The molecule has 2 N–H and O–H groups in total. The summed E-state index contributed by atoms with van der Waals surface area (Å²) in [6, 6.07) is 8.49. The van der Waals surface area contributed by atoms with Crippen molar-refractivity contribution in [2.75, 3.05) is 0 Å². The van der Waals surface area contributed by atoms with Crippen LogP contribution in [0.4, 0.5) is 0 Å². The zero-order chi connectivity index (χ0) is 11.4. The second-order valence-electron chi connectivity index (χ2n) is 3.83. The van der Waals surface area contributed by atoms with E-state index >= 15 is 0 Å². The van der Waals surface area contributed by atoms with Crippen LogP contribution in [0.2, 0.25) is 0 Å². The average Bonchev–Trinajstić information content (AvgIpc) is 2.81. The maximum atomic E-state index is 6.24. The minimum absolute atomic E-state index is 0.0802. The lowest BCUT2D eigenvalue weighted by Gasteiger charge is -2.14. The van der Waals surface area contributed by atoms with Crippen molar-refractivity contribution >= 4 is 11.3 Å². The van der Waals surface area contributed by atoms with E-state index in [4.69, 9.17) is 5.73 Å². The first kappa shape index (κ1) is 11.3. The van der Waals surface area contributed by atoms with Gasteiger partial charge in [0.25, 0.3) is 0 Å². The minimum atomic E-state index is 0.0802. The molecular formula is C13H16N2S. The Labute approximate surface area is 100 Å². The normalized spacial score (nSPS) is 12.6. The Hall–Kier alpha value is -1.19. The van der Waals surface area contributed by atoms with Crippen molar-refractivity contribution in [1.29, 1.82) is 0 Å². The number of hydrogen-bond donors (Lipinski definition) is 1. The van der Waals surface area contributed by atoms with Crippen molar-refractivity contribution < 1.29 is 0 Å². The highest BCUT2D eigenvalue weighted by molar-refractivity contribution is 7.09. The molecule has 0 amide bonds. The molecule has 1 atom stereocenters. The lowest BCUT2D eigenvalue weighted by Crippen LogP contribution is -2.14. The van der Waals surface area contributed by atoms with Gasteiger partial charge in [0.2, 0.25) is 0 Å². The largest absolute Gasteiger partial charge is 0.324 e. The molecule has 0 aliphatic rings. The Morgan fingerprint density at radius 2 is 2.19 bits per heavy atom. The van der Waals surface area contributed by atoms with Crippen molar-refractivity contribution in [1.82, 2.24) is 4.98 Å². The van der Waals surface area contributed by atoms with Gasteiger partial charge in [-0.05, 0) is 17.5 Å². The summed E-state index contributed by atoms with van der Waals surface area (Å²) in [7, 11) is 0. The van der Waals surface area contributed by atoms with Crippen LogP contribution in [-0.2, 0) is 12.8 Å². The molecule has 0 radical (unpaired) electrons. The van der Waals surface area contributed by atoms with Crippen LogP contribution in [0.5, 0.6) is 0 Å². The molecule has 0 saturated heterocycles. The molecule has 0 fully saturated rings. The van der Waals surface area contributed by atoms with Crippen molar-refractivity contribution in [3.05, 3.63) is 52.0 Å². The monoisotopic (exact) mass is 232 g/mol. The fourth-order valence-corrected chi connectivity index (χ4v) is 2.54. The van der Waals surface area contributed by atoms with E-state index in [1.54, 1.807) is 11.3 Å². The smallest absolute Gasteiger partial charge is 0.0794 e. The quantitative estimate of drug-likeness (QED) is 0.880. The maximum Gasteiger partial charge on any atom is 0.0794 e. The molecule has 0 bridgehead atoms. The molecule has 1 unspecified atom stereocenters. The first-order valence-electron chi connectivity index (χ1n) is 5.52. The molecule has 2 rings (SSSR count). The second kappa shape index (κ2) is 5.23. The Morgan fingerprint density at radius 3 is 2.88 bits per heavy atom. The van der Waals surface area contributed by atoms with Gasteiger partial charge < -0.3 is 5.73 Å².